The summed E-state index contributed by atoms with van der Waals surface area (Å²) in [6.07, 6.45) is 1.99. The lowest BCUT2D eigenvalue weighted by atomic mass is 10.0. The average Bonchev–Trinajstić information content (AvgIpc) is 2.88. The van der Waals surface area contributed by atoms with Crippen molar-refractivity contribution in [3.8, 4) is 0 Å². The number of anilines is 1. The number of carbonyl (C=O) groups is 1. The highest BCUT2D eigenvalue weighted by molar-refractivity contribution is 7.17. The highest BCUT2D eigenvalue weighted by atomic mass is 32.1. The van der Waals surface area contributed by atoms with Gasteiger partial charge >= 0.3 is 0 Å². The lowest BCUT2D eigenvalue weighted by Gasteiger charge is -2.33. The second-order valence-electron chi connectivity index (χ2n) is 5.65. The summed E-state index contributed by atoms with van der Waals surface area (Å²) in [5.41, 5.74) is 1.02. The second kappa shape index (κ2) is 5.54. The van der Waals surface area contributed by atoms with Crippen LogP contribution in [0.2, 0.25) is 0 Å². The molecule has 1 saturated heterocycles. The quantitative estimate of drug-likeness (QED) is 0.939. The number of carbonyl (C=O) groups excluding carboxylic acids is 1. The Balaban J connectivity index is 1.86. The summed E-state index contributed by atoms with van der Waals surface area (Å²) < 4.78 is 1.27. The molecule has 0 bridgehead atoms. The fraction of sp³-hybridized carbons (Fsp3) is 0.438. The van der Waals surface area contributed by atoms with Crippen LogP contribution in [0.3, 0.4) is 0 Å². The summed E-state index contributed by atoms with van der Waals surface area (Å²) in [5.74, 6) is 0.208. The van der Waals surface area contributed by atoms with Crippen molar-refractivity contribution in [1.29, 1.82) is 0 Å². The van der Waals surface area contributed by atoms with Gasteiger partial charge in [0.15, 0.2) is 0 Å². The number of hydrogen-bond acceptors (Lipinski definition) is 3. The number of amides is 1. The van der Waals surface area contributed by atoms with Crippen LogP contribution in [0.4, 0.5) is 5.69 Å². The van der Waals surface area contributed by atoms with E-state index in [9.17, 15) is 4.79 Å². The zero-order valence-electron chi connectivity index (χ0n) is 11.9. The predicted octanol–water partition coefficient (Wildman–Crippen LogP) is 3.39. The van der Waals surface area contributed by atoms with Gasteiger partial charge in [-0.25, -0.2) is 0 Å². The van der Waals surface area contributed by atoms with Crippen LogP contribution in [-0.2, 0) is 4.79 Å². The number of rotatable bonds is 3. The average molecular weight is 288 g/mol. The van der Waals surface area contributed by atoms with Crippen molar-refractivity contribution >= 4 is 33.0 Å². The highest BCUT2D eigenvalue weighted by Gasteiger charge is 2.29. The van der Waals surface area contributed by atoms with E-state index in [1.165, 1.54) is 10.1 Å². The summed E-state index contributed by atoms with van der Waals surface area (Å²) in [4.78, 5) is 14.5. The monoisotopic (exact) mass is 288 g/mol. The molecule has 2 aromatic rings. The van der Waals surface area contributed by atoms with Crippen molar-refractivity contribution < 1.29 is 4.79 Å². The van der Waals surface area contributed by atoms with Crippen LogP contribution in [0, 0.1) is 0 Å². The molecule has 1 N–H and O–H groups in total. The third-order valence-electron chi connectivity index (χ3n) is 3.72. The van der Waals surface area contributed by atoms with E-state index in [1.54, 1.807) is 11.3 Å². The van der Waals surface area contributed by atoms with Crippen molar-refractivity contribution in [2.45, 2.75) is 38.8 Å². The number of thiophene rings is 1. The second-order valence-corrected chi connectivity index (χ2v) is 6.60. The number of piperidine rings is 1. The fourth-order valence-corrected chi connectivity index (χ4v) is 3.58. The number of nitrogens with one attached hydrogen (secondary N) is 1. The van der Waals surface area contributed by atoms with Gasteiger partial charge in [0.25, 0.3) is 0 Å². The van der Waals surface area contributed by atoms with E-state index in [0.717, 1.165) is 25.1 Å². The maximum Gasteiger partial charge on any atom is 0.244 e. The molecule has 0 aliphatic carbocycles. The van der Waals surface area contributed by atoms with E-state index < -0.39 is 0 Å². The molecule has 1 atom stereocenters. The van der Waals surface area contributed by atoms with E-state index in [4.69, 9.17) is 0 Å². The molecule has 4 heteroatoms. The Morgan fingerprint density at radius 2 is 2.20 bits per heavy atom. The molecule has 106 valence electrons. The Labute approximate surface area is 123 Å². The van der Waals surface area contributed by atoms with Crippen molar-refractivity contribution in [3.05, 3.63) is 29.6 Å². The van der Waals surface area contributed by atoms with Crippen LogP contribution >= 0.6 is 11.3 Å². The van der Waals surface area contributed by atoms with Gasteiger partial charge in [-0.15, -0.1) is 11.3 Å². The molecule has 0 radical (unpaired) electrons. The largest absolute Gasteiger partial charge is 0.311 e. The van der Waals surface area contributed by atoms with E-state index in [-0.39, 0.29) is 11.9 Å². The van der Waals surface area contributed by atoms with E-state index in [1.807, 2.05) is 4.90 Å². The van der Waals surface area contributed by atoms with Gasteiger partial charge in [0.1, 0.15) is 0 Å². The van der Waals surface area contributed by atoms with E-state index >= 15 is 0 Å². The smallest absolute Gasteiger partial charge is 0.244 e. The van der Waals surface area contributed by atoms with E-state index in [2.05, 4.69) is 48.8 Å². The van der Waals surface area contributed by atoms with Crippen LogP contribution in [0.25, 0.3) is 10.1 Å². The number of nitrogens with zero attached hydrogens (tertiary/aromatic N) is 1. The number of hydrogen-bond donors (Lipinski definition) is 1. The van der Waals surface area contributed by atoms with Gasteiger partial charge in [-0.05, 0) is 47.9 Å². The normalized spacial score (nSPS) is 20.1. The Bertz CT molecular complexity index is 620. The van der Waals surface area contributed by atoms with Crippen molar-refractivity contribution in [3.63, 3.8) is 0 Å². The maximum atomic E-state index is 12.6. The molecule has 0 saturated carbocycles. The lowest BCUT2D eigenvalue weighted by molar-refractivity contribution is -0.121. The Hall–Kier alpha value is -1.39. The van der Waals surface area contributed by atoms with Crippen molar-refractivity contribution in [2.24, 2.45) is 0 Å². The van der Waals surface area contributed by atoms with Crippen molar-refractivity contribution in [1.82, 2.24) is 5.32 Å². The first-order valence-electron chi connectivity index (χ1n) is 7.20. The minimum absolute atomic E-state index is 0.0399. The topological polar surface area (TPSA) is 32.3 Å². The SMILES string of the molecule is CC(C)NC1CCCN(c2ccc3sccc3c2)C1=O. The molecule has 1 aromatic heterocycles. The van der Waals surface area contributed by atoms with Gasteiger partial charge < -0.3 is 10.2 Å². The zero-order valence-corrected chi connectivity index (χ0v) is 12.7. The first-order valence-corrected chi connectivity index (χ1v) is 8.08. The zero-order chi connectivity index (χ0) is 14.1. The standard InChI is InChI=1S/C16H20N2OS/c1-11(2)17-14-4-3-8-18(16(14)19)13-5-6-15-12(10-13)7-9-20-15/h5-7,9-11,14,17H,3-4,8H2,1-2H3. The molecule has 3 rings (SSSR count). The highest BCUT2D eigenvalue weighted by Crippen LogP contribution is 2.28. The minimum Gasteiger partial charge on any atom is -0.311 e. The Kier molecular flexibility index (Phi) is 3.76. The van der Waals surface area contributed by atoms with Gasteiger partial charge in [0, 0.05) is 23.0 Å². The van der Waals surface area contributed by atoms with Crippen LogP contribution in [0.15, 0.2) is 29.6 Å². The molecule has 1 unspecified atom stereocenters. The first kappa shape index (κ1) is 13.6. The molecule has 1 fully saturated rings. The van der Waals surface area contributed by atoms with Crippen molar-refractivity contribution in [2.75, 3.05) is 11.4 Å². The third kappa shape index (κ3) is 2.58. The van der Waals surface area contributed by atoms with Gasteiger partial charge in [0.2, 0.25) is 5.91 Å². The predicted molar refractivity (Wildman–Crippen MR) is 85.5 cm³/mol. The lowest BCUT2D eigenvalue weighted by Crippen LogP contribution is -2.52. The van der Waals surface area contributed by atoms with Gasteiger partial charge in [0.05, 0.1) is 6.04 Å². The molecule has 3 nitrogen and oxygen atoms in total. The van der Waals surface area contributed by atoms with E-state index in [0.29, 0.717) is 6.04 Å². The number of fused-ring (bicyclic) bond motifs is 1. The maximum absolute atomic E-state index is 12.6. The summed E-state index contributed by atoms with van der Waals surface area (Å²) in [6.45, 7) is 5.00. The minimum atomic E-state index is -0.0399. The number of benzene rings is 1. The van der Waals surface area contributed by atoms with Gasteiger partial charge in [-0.1, -0.05) is 13.8 Å². The molecular weight excluding hydrogens is 268 g/mol. The summed E-state index contributed by atoms with van der Waals surface area (Å²) >= 11 is 1.74. The first-order chi connectivity index (χ1) is 9.65. The summed E-state index contributed by atoms with van der Waals surface area (Å²) in [7, 11) is 0. The molecule has 20 heavy (non-hydrogen) atoms. The van der Waals surface area contributed by atoms with Crippen LogP contribution in [-0.4, -0.2) is 24.5 Å². The molecule has 1 amide bonds. The molecule has 2 heterocycles. The third-order valence-corrected chi connectivity index (χ3v) is 4.62. The van der Waals surface area contributed by atoms with Gasteiger partial charge in [-0.3, -0.25) is 4.79 Å². The Morgan fingerprint density at radius 1 is 1.35 bits per heavy atom. The van der Waals surface area contributed by atoms with Gasteiger partial charge in [-0.2, -0.15) is 0 Å². The summed E-state index contributed by atoms with van der Waals surface area (Å²) in [6, 6.07) is 8.71. The Morgan fingerprint density at radius 3 is 3.00 bits per heavy atom. The van der Waals surface area contributed by atoms with Crippen LogP contribution < -0.4 is 10.2 Å². The molecule has 1 aromatic carbocycles. The molecule has 1 aliphatic heterocycles. The molecule has 1 aliphatic rings. The molecular formula is C16H20N2OS. The summed E-state index contributed by atoms with van der Waals surface area (Å²) in [5, 5.41) is 6.69. The molecule has 0 spiro atoms. The fourth-order valence-electron chi connectivity index (χ4n) is 2.81. The van der Waals surface area contributed by atoms with Crippen LogP contribution in [0.1, 0.15) is 26.7 Å². The van der Waals surface area contributed by atoms with Crippen LogP contribution in [0.5, 0.6) is 0 Å².